The van der Waals surface area contributed by atoms with Crippen LogP contribution in [0.5, 0.6) is 5.75 Å². The maximum absolute atomic E-state index is 5.42. The summed E-state index contributed by atoms with van der Waals surface area (Å²) in [5, 5.41) is 3.27. The molecule has 0 spiro atoms. The van der Waals surface area contributed by atoms with Gasteiger partial charge in [-0.1, -0.05) is 19.1 Å². The largest absolute Gasteiger partial charge is 0.468 e. The molecule has 3 heteroatoms. The summed E-state index contributed by atoms with van der Waals surface area (Å²) in [5.74, 6) is 0.860. The maximum Gasteiger partial charge on any atom is 0.189 e. The zero-order chi connectivity index (χ0) is 10.9. The van der Waals surface area contributed by atoms with Crippen LogP contribution in [0.1, 0.15) is 19.4 Å². The van der Waals surface area contributed by atoms with Crippen LogP contribution in [0.25, 0.3) is 0 Å². The van der Waals surface area contributed by atoms with Gasteiger partial charge < -0.3 is 14.8 Å². The van der Waals surface area contributed by atoms with E-state index in [1.54, 1.807) is 0 Å². The van der Waals surface area contributed by atoms with Crippen molar-refractivity contribution in [3.05, 3.63) is 29.8 Å². The first kappa shape index (κ1) is 12.0. The Morgan fingerprint density at radius 3 is 2.87 bits per heavy atom. The van der Waals surface area contributed by atoms with E-state index in [4.69, 9.17) is 9.47 Å². The molecule has 0 unspecified atom stereocenters. The third-order valence-electron chi connectivity index (χ3n) is 1.99. The predicted molar refractivity (Wildman–Crippen MR) is 60.9 cm³/mol. The summed E-state index contributed by atoms with van der Waals surface area (Å²) in [5.41, 5.74) is 1.23. The van der Waals surface area contributed by atoms with Crippen LogP contribution >= 0.6 is 0 Å². The van der Waals surface area contributed by atoms with Crippen LogP contribution in [-0.2, 0) is 11.3 Å². The third kappa shape index (κ3) is 4.81. The van der Waals surface area contributed by atoms with E-state index in [2.05, 4.69) is 18.3 Å². The van der Waals surface area contributed by atoms with Crippen molar-refractivity contribution in [1.29, 1.82) is 0 Å². The van der Waals surface area contributed by atoms with Gasteiger partial charge in [0.2, 0.25) is 0 Å². The molecular weight excluding hydrogens is 190 g/mol. The van der Waals surface area contributed by atoms with Crippen molar-refractivity contribution in [1.82, 2.24) is 5.32 Å². The van der Waals surface area contributed by atoms with E-state index in [9.17, 15) is 0 Å². The molecular formula is C12H19NO2. The van der Waals surface area contributed by atoms with Gasteiger partial charge in [0.05, 0.1) is 0 Å². The zero-order valence-corrected chi connectivity index (χ0v) is 9.45. The van der Waals surface area contributed by atoms with Crippen molar-refractivity contribution in [2.45, 2.75) is 20.4 Å². The third-order valence-corrected chi connectivity index (χ3v) is 1.99. The van der Waals surface area contributed by atoms with Gasteiger partial charge in [0.1, 0.15) is 5.75 Å². The molecule has 0 fully saturated rings. The smallest absolute Gasteiger partial charge is 0.189 e. The molecule has 0 aliphatic rings. The molecule has 0 atom stereocenters. The normalized spacial score (nSPS) is 10.3. The van der Waals surface area contributed by atoms with Gasteiger partial charge in [0, 0.05) is 13.2 Å². The molecule has 1 aromatic rings. The first-order valence-corrected chi connectivity index (χ1v) is 5.37. The predicted octanol–water partition coefficient (Wildman–Crippen LogP) is 2.17. The monoisotopic (exact) mass is 209 g/mol. The number of rotatable bonds is 7. The maximum atomic E-state index is 5.42. The second-order valence-electron chi connectivity index (χ2n) is 3.18. The van der Waals surface area contributed by atoms with Crippen molar-refractivity contribution in [2.24, 2.45) is 0 Å². The molecule has 0 saturated carbocycles. The number of ether oxygens (including phenoxy) is 2. The first-order valence-electron chi connectivity index (χ1n) is 5.37. The van der Waals surface area contributed by atoms with Crippen LogP contribution in [-0.4, -0.2) is 19.9 Å². The first-order chi connectivity index (χ1) is 7.36. The van der Waals surface area contributed by atoms with Gasteiger partial charge in [-0.25, -0.2) is 0 Å². The van der Waals surface area contributed by atoms with Crippen molar-refractivity contribution in [2.75, 3.05) is 19.9 Å². The second-order valence-corrected chi connectivity index (χ2v) is 3.18. The highest BCUT2D eigenvalue weighted by Gasteiger charge is 1.96. The molecule has 0 aromatic heterocycles. The van der Waals surface area contributed by atoms with E-state index in [1.807, 2.05) is 25.1 Å². The Kier molecular flexibility index (Phi) is 5.81. The average Bonchev–Trinajstić information content (AvgIpc) is 2.27. The molecule has 0 saturated heterocycles. The molecule has 0 radical (unpaired) electrons. The Labute approximate surface area is 91.4 Å². The van der Waals surface area contributed by atoms with E-state index in [0.717, 1.165) is 18.8 Å². The molecule has 1 rings (SSSR count). The fourth-order valence-corrected chi connectivity index (χ4v) is 1.21. The minimum Gasteiger partial charge on any atom is -0.468 e. The summed E-state index contributed by atoms with van der Waals surface area (Å²) in [6.07, 6.45) is 0. The number of hydrogen-bond acceptors (Lipinski definition) is 3. The van der Waals surface area contributed by atoms with E-state index >= 15 is 0 Å². The second kappa shape index (κ2) is 7.26. The molecule has 1 aromatic carbocycles. The Morgan fingerprint density at radius 2 is 2.13 bits per heavy atom. The van der Waals surface area contributed by atoms with Gasteiger partial charge in [-0.3, -0.25) is 0 Å². The van der Waals surface area contributed by atoms with Gasteiger partial charge >= 0.3 is 0 Å². The van der Waals surface area contributed by atoms with Gasteiger partial charge in [-0.05, 0) is 31.2 Å². The lowest BCUT2D eigenvalue weighted by atomic mass is 10.2. The fraction of sp³-hybridized carbons (Fsp3) is 0.500. The topological polar surface area (TPSA) is 30.5 Å². The Morgan fingerprint density at radius 1 is 1.27 bits per heavy atom. The fourth-order valence-electron chi connectivity index (χ4n) is 1.21. The molecule has 1 N–H and O–H groups in total. The minimum absolute atomic E-state index is 0.321. The quantitative estimate of drug-likeness (QED) is 0.551. The summed E-state index contributed by atoms with van der Waals surface area (Å²) in [7, 11) is 0. The molecule has 0 heterocycles. The van der Waals surface area contributed by atoms with Crippen molar-refractivity contribution in [3.8, 4) is 5.75 Å². The molecule has 0 aliphatic carbocycles. The summed E-state index contributed by atoms with van der Waals surface area (Å²) in [6.45, 7) is 6.89. The van der Waals surface area contributed by atoms with Crippen molar-refractivity contribution in [3.63, 3.8) is 0 Å². The van der Waals surface area contributed by atoms with Crippen LogP contribution in [0, 0.1) is 0 Å². The van der Waals surface area contributed by atoms with Crippen LogP contribution in [0.2, 0.25) is 0 Å². The lowest BCUT2D eigenvalue weighted by Crippen LogP contribution is -2.11. The van der Waals surface area contributed by atoms with Crippen LogP contribution < -0.4 is 10.1 Å². The average molecular weight is 209 g/mol. The molecule has 0 bridgehead atoms. The van der Waals surface area contributed by atoms with Crippen molar-refractivity contribution >= 4 is 0 Å². The van der Waals surface area contributed by atoms with Crippen LogP contribution in [0.3, 0.4) is 0 Å². The summed E-state index contributed by atoms with van der Waals surface area (Å²) < 4.78 is 10.5. The summed E-state index contributed by atoms with van der Waals surface area (Å²) >= 11 is 0. The van der Waals surface area contributed by atoms with Gasteiger partial charge in [0.15, 0.2) is 6.79 Å². The lowest BCUT2D eigenvalue weighted by molar-refractivity contribution is 0.0224. The van der Waals surface area contributed by atoms with E-state index in [-0.39, 0.29) is 0 Å². The van der Waals surface area contributed by atoms with Crippen molar-refractivity contribution < 1.29 is 9.47 Å². The standard InChI is InChI=1S/C12H19NO2/c1-3-13-9-11-6-5-7-12(8-11)15-10-14-4-2/h5-8,13H,3-4,9-10H2,1-2H3. The number of nitrogens with one attached hydrogen (secondary N) is 1. The van der Waals surface area contributed by atoms with Gasteiger partial charge in [-0.2, -0.15) is 0 Å². The highest BCUT2D eigenvalue weighted by atomic mass is 16.7. The van der Waals surface area contributed by atoms with E-state index in [1.165, 1.54) is 5.56 Å². The molecule has 0 amide bonds. The molecule has 84 valence electrons. The number of benzene rings is 1. The van der Waals surface area contributed by atoms with Gasteiger partial charge in [0.25, 0.3) is 0 Å². The highest BCUT2D eigenvalue weighted by Crippen LogP contribution is 2.13. The summed E-state index contributed by atoms with van der Waals surface area (Å²) in [6, 6.07) is 8.04. The molecule has 15 heavy (non-hydrogen) atoms. The summed E-state index contributed by atoms with van der Waals surface area (Å²) in [4.78, 5) is 0. The van der Waals surface area contributed by atoms with E-state index < -0.39 is 0 Å². The van der Waals surface area contributed by atoms with Crippen LogP contribution in [0.4, 0.5) is 0 Å². The SMILES string of the molecule is CCNCc1cccc(OCOCC)c1. The Hall–Kier alpha value is -1.06. The number of hydrogen-bond donors (Lipinski definition) is 1. The highest BCUT2D eigenvalue weighted by molar-refractivity contribution is 5.28. The Bertz CT molecular complexity index is 276. The minimum atomic E-state index is 0.321. The molecule has 3 nitrogen and oxygen atoms in total. The van der Waals surface area contributed by atoms with E-state index in [0.29, 0.717) is 13.4 Å². The Balaban J connectivity index is 2.42. The van der Waals surface area contributed by atoms with Crippen LogP contribution in [0.15, 0.2) is 24.3 Å². The zero-order valence-electron chi connectivity index (χ0n) is 9.45. The van der Waals surface area contributed by atoms with Gasteiger partial charge in [-0.15, -0.1) is 0 Å². The lowest BCUT2D eigenvalue weighted by Gasteiger charge is -2.07. The molecule has 0 aliphatic heterocycles.